The van der Waals surface area contributed by atoms with E-state index in [0.29, 0.717) is 0 Å². The second-order valence-corrected chi connectivity index (χ2v) is 4.43. The summed E-state index contributed by atoms with van der Waals surface area (Å²) < 4.78 is 5.31. The minimum Gasteiger partial charge on any atom is -0.496 e. The molecule has 1 aromatic rings. The number of hydrogen-bond donors (Lipinski definition) is 0. The van der Waals surface area contributed by atoms with Crippen molar-refractivity contribution < 1.29 is 4.74 Å². The summed E-state index contributed by atoms with van der Waals surface area (Å²) in [6.45, 7) is 11.1. The molecule has 0 atom stereocenters. The first-order chi connectivity index (χ1) is 8.67. The van der Waals surface area contributed by atoms with Crippen LogP contribution in [0.4, 0.5) is 0 Å². The van der Waals surface area contributed by atoms with Gasteiger partial charge >= 0.3 is 0 Å². The van der Waals surface area contributed by atoms with E-state index in [1.165, 1.54) is 5.57 Å². The molecule has 98 valence electrons. The molecule has 0 heterocycles. The summed E-state index contributed by atoms with van der Waals surface area (Å²) in [4.78, 5) is 2.34. The Morgan fingerprint density at radius 1 is 1.39 bits per heavy atom. The van der Waals surface area contributed by atoms with Crippen LogP contribution in [0.25, 0.3) is 6.08 Å². The molecule has 2 heteroatoms. The van der Waals surface area contributed by atoms with Crippen molar-refractivity contribution in [3.8, 4) is 5.75 Å². The molecule has 0 bridgehead atoms. The van der Waals surface area contributed by atoms with E-state index < -0.39 is 0 Å². The first-order valence-electron chi connectivity index (χ1n) is 6.33. The van der Waals surface area contributed by atoms with E-state index in [1.54, 1.807) is 7.11 Å². The van der Waals surface area contributed by atoms with Crippen LogP contribution in [0.15, 0.2) is 42.5 Å². The van der Waals surface area contributed by atoms with Gasteiger partial charge in [-0.2, -0.15) is 0 Å². The van der Waals surface area contributed by atoms with Gasteiger partial charge in [0, 0.05) is 18.7 Å². The number of likely N-dealkylation sites (N-methyl/N-ethyl adjacent to an activating group) is 1. The first kappa shape index (κ1) is 14.5. The molecule has 0 spiro atoms. The van der Waals surface area contributed by atoms with Crippen molar-refractivity contribution in [2.45, 2.75) is 13.8 Å². The fraction of sp³-hybridized carbons (Fsp3) is 0.375. The number of benzene rings is 1. The summed E-state index contributed by atoms with van der Waals surface area (Å²) in [7, 11) is 1.70. The highest BCUT2D eigenvalue weighted by Gasteiger charge is 2.00. The van der Waals surface area contributed by atoms with E-state index in [4.69, 9.17) is 4.74 Å². The number of nitrogens with zero attached hydrogens (tertiary/aromatic N) is 1. The summed E-state index contributed by atoms with van der Waals surface area (Å²) >= 11 is 0. The lowest BCUT2D eigenvalue weighted by atomic mass is 10.2. The highest BCUT2D eigenvalue weighted by atomic mass is 16.5. The Morgan fingerprint density at radius 2 is 2.11 bits per heavy atom. The van der Waals surface area contributed by atoms with Crippen LogP contribution in [-0.4, -0.2) is 31.6 Å². The average Bonchev–Trinajstić information content (AvgIpc) is 2.37. The van der Waals surface area contributed by atoms with E-state index in [9.17, 15) is 0 Å². The van der Waals surface area contributed by atoms with Gasteiger partial charge in [0.05, 0.1) is 7.11 Å². The maximum Gasteiger partial charge on any atom is 0.126 e. The van der Waals surface area contributed by atoms with Gasteiger partial charge in [-0.3, -0.25) is 4.90 Å². The molecule has 0 aliphatic heterocycles. The molecule has 0 fully saturated rings. The molecule has 0 aromatic heterocycles. The van der Waals surface area contributed by atoms with Crippen LogP contribution in [0.3, 0.4) is 0 Å². The van der Waals surface area contributed by atoms with Gasteiger partial charge in [-0.25, -0.2) is 0 Å². The van der Waals surface area contributed by atoms with Crippen LogP contribution in [0, 0.1) is 0 Å². The van der Waals surface area contributed by atoms with E-state index in [2.05, 4.69) is 43.5 Å². The van der Waals surface area contributed by atoms with Gasteiger partial charge in [0.15, 0.2) is 0 Å². The van der Waals surface area contributed by atoms with Gasteiger partial charge in [0.1, 0.15) is 5.75 Å². The average molecular weight is 245 g/mol. The molecule has 1 rings (SSSR count). The van der Waals surface area contributed by atoms with Crippen LogP contribution >= 0.6 is 0 Å². The van der Waals surface area contributed by atoms with Crippen LogP contribution < -0.4 is 4.74 Å². The molecule has 0 aliphatic rings. The second-order valence-electron chi connectivity index (χ2n) is 4.43. The Labute approximate surface area is 111 Å². The third kappa shape index (κ3) is 4.76. The van der Waals surface area contributed by atoms with Crippen molar-refractivity contribution in [1.82, 2.24) is 4.90 Å². The zero-order valence-corrected chi connectivity index (χ0v) is 11.6. The molecular formula is C16H23NO. The van der Waals surface area contributed by atoms with Crippen molar-refractivity contribution in [3.05, 3.63) is 48.1 Å². The zero-order chi connectivity index (χ0) is 13.4. The molecule has 0 amide bonds. The molecule has 18 heavy (non-hydrogen) atoms. The van der Waals surface area contributed by atoms with Crippen molar-refractivity contribution in [1.29, 1.82) is 0 Å². The van der Waals surface area contributed by atoms with E-state index in [-0.39, 0.29) is 0 Å². The largest absolute Gasteiger partial charge is 0.496 e. The van der Waals surface area contributed by atoms with Crippen molar-refractivity contribution in [3.63, 3.8) is 0 Å². The quantitative estimate of drug-likeness (QED) is 0.680. The molecular weight excluding hydrogens is 222 g/mol. The molecule has 0 aliphatic carbocycles. The lowest BCUT2D eigenvalue weighted by molar-refractivity contribution is 0.347. The standard InChI is InChI=1S/C16H23NO/c1-5-17(13-14(2)3)12-8-10-15-9-6-7-11-16(15)18-4/h6-11H,2,5,12-13H2,1,3-4H3. The molecule has 0 saturated carbocycles. The lowest BCUT2D eigenvalue weighted by Gasteiger charge is -2.18. The summed E-state index contributed by atoms with van der Waals surface area (Å²) in [6.07, 6.45) is 4.28. The molecule has 2 nitrogen and oxygen atoms in total. The number of hydrogen-bond acceptors (Lipinski definition) is 2. The molecule has 0 unspecified atom stereocenters. The van der Waals surface area contributed by atoms with E-state index in [0.717, 1.165) is 30.9 Å². The summed E-state index contributed by atoms with van der Waals surface area (Å²) in [5, 5.41) is 0. The first-order valence-corrected chi connectivity index (χ1v) is 6.33. The lowest BCUT2D eigenvalue weighted by Crippen LogP contribution is -2.24. The number of methoxy groups -OCH3 is 1. The number of para-hydroxylation sites is 1. The maximum absolute atomic E-state index is 5.31. The van der Waals surface area contributed by atoms with Crippen LogP contribution in [0.2, 0.25) is 0 Å². The molecule has 1 aromatic carbocycles. The van der Waals surface area contributed by atoms with E-state index in [1.807, 2.05) is 18.2 Å². The normalized spacial score (nSPS) is 11.1. The van der Waals surface area contributed by atoms with Gasteiger partial charge in [-0.15, -0.1) is 0 Å². The zero-order valence-electron chi connectivity index (χ0n) is 11.6. The summed E-state index contributed by atoms with van der Waals surface area (Å²) in [5.74, 6) is 0.914. The summed E-state index contributed by atoms with van der Waals surface area (Å²) in [6, 6.07) is 8.04. The molecule has 0 saturated heterocycles. The highest BCUT2D eigenvalue weighted by molar-refractivity contribution is 5.57. The SMILES string of the molecule is C=C(C)CN(CC)CC=Cc1ccccc1OC. The third-order valence-electron chi connectivity index (χ3n) is 2.74. The fourth-order valence-corrected chi connectivity index (χ4v) is 1.82. The molecule has 0 radical (unpaired) electrons. The van der Waals surface area contributed by atoms with Crippen molar-refractivity contribution >= 4 is 6.08 Å². The van der Waals surface area contributed by atoms with Gasteiger partial charge in [-0.05, 0) is 19.5 Å². The van der Waals surface area contributed by atoms with E-state index >= 15 is 0 Å². The van der Waals surface area contributed by atoms with Crippen LogP contribution in [0.5, 0.6) is 5.75 Å². The van der Waals surface area contributed by atoms with Crippen LogP contribution in [-0.2, 0) is 0 Å². The second kappa shape index (κ2) is 7.72. The minimum atomic E-state index is 0.914. The monoisotopic (exact) mass is 245 g/mol. The third-order valence-corrected chi connectivity index (χ3v) is 2.74. The predicted octanol–water partition coefficient (Wildman–Crippen LogP) is 3.61. The summed E-state index contributed by atoms with van der Waals surface area (Å²) in [5.41, 5.74) is 2.31. The van der Waals surface area contributed by atoms with Gasteiger partial charge in [0.2, 0.25) is 0 Å². The predicted molar refractivity (Wildman–Crippen MR) is 79.0 cm³/mol. The Kier molecular flexibility index (Phi) is 6.23. The highest BCUT2D eigenvalue weighted by Crippen LogP contribution is 2.18. The maximum atomic E-state index is 5.31. The van der Waals surface area contributed by atoms with Crippen molar-refractivity contribution in [2.24, 2.45) is 0 Å². The Bertz CT molecular complexity index is 409. The Morgan fingerprint density at radius 3 is 2.72 bits per heavy atom. The van der Waals surface area contributed by atoms with Crippen LogP contribution in [0.1, 0.15) is 19.4 Å². The van der Waals surface area contributed by atoms with Crippen molar-refractivity contribution in [2.75, 3.05) is 26.7 Å². The number of rotatable bonds is 7. The topological polar surface area (TPSA) is 12.5 Å². The van der Waals surface area contributed by atoms with Gasteiger partial charge < -0.3 is 4.74 Å². The smallest absolute Gasteiger partial charge is 0.126 e. The van der Waals surface area contributed by atoms with Gasteiger partial charge in [0.25, 0.3) is 0 Å². The Balaban J connectivity index is 2.60. The fourth-order valence-electron chi connectivity index (χ4n) is 1.82. The minimum absolute atomic E-state index is 0.914. The molecule has 0 N–H and O–H groups in total. The number of ether oxygens (including phenoxy) is 1. The van der Waals surface area contributed by atoms with Gasteiger partial charge in [-0.1, -0.05) is 49.4 Å². The Hall–Kier alpha value is -1.54.